The Morgan fingerprint density at radius 3 is 3.05 bits per heavy atom. The minimum Gasteiger partial charge on any atom is -0.496 e. The molecule has 0 spiro atoms. The molecule has 1 aromatic carbocycles. The van der Waals surface area contributed by atoms with Gasteiger partial charge in [0.05, 0.1) is 7.11 Å². The summed E-state index contributed by atoms with van der Waals surface area (Å²) >= 11 is 0. The minimum atomic E-state index is 0.112. The van der Waals surface area contributed by atoms with E-state index in [0.29, 0.717) is 18.9 Å². The molecular weight excluding hydrogens is 252 g/mol. The number of nitrogens with one attached hydrogen (secondary N) is 1. The van der Waals surface area contributed by atoms with Gasteiger partial charge in [0.1, 0.15) is 5.75 Å². The van der Waals surface area contributed by atoms with Crippen molar-refractivity contribution in [2.24, 2.45) is 5.92 Å². The molecule has 4 heteroatoms. The molecule has 1 aromatic rings. The van der Waals surface area contributed by atoms with Crippen LogP contribution in [0.5, 0.6) is 5.75 Å². The van der Waals surface area contributed by atoms with Crippen molar-refractivity contribution in [1.29, 1.82) is 0 Å². The number of amides is 1. The predicted octanol–water partition coefficient (Wildman–Crippen LogP) is 2.11. The number of methoxy groups -OCH3 is 1. The molecule has 0 bridgehead atoms. The van der Waals surface area contributed by atoms with Crippen molar-refractivity contribution in [2.75, 3.05) is 20.2 Å². The van der Waals surface area contributed by atoms with Crippen LogP contribution in [0.1, 0.15) is 31.2 Å². The standard InChI is InChI=1S/C16H23N2O2/c1-20-15-7-3-2-6-14(15)12-18-16(19)9-8-13-5-4-10-17-11-13/h2-3,6-7,13H,4-5,8-12H2,1H3,(H,18,19). The van der Waals surface area contributed by atoms with E-state index in [2.05, 4.69) is 10.6 Å². The lowest BCUT2D eigenvalue weighted by molar-refractivity contribution is -0.121. The number of piperidine rings is 1. The van der Waals surface area contributed by atoms with E-state index < -0.39 is 0 Å². The molecule has 4 nitrogen and oxygen atoms in total. The number of hydrogen-bond acceptors (Lipinski definition) is 2. The summed E-state index contributed by atoms with van der Waals surface area (Å²) in [6, 6.07) is 7.76. The molecule has 1 aliphatic rings. The summed E-state index contributed by atoms with van der Waals surface area (Å²) in [7, 11) is 1.65. The Kier molecular flexibility index (Phi) is 5.87. The largest absolute Gasteiger partial charge is 0.496 e. The monoisotopic (exact) mass is 275 g/mol. The van der Waals surface area contributed by atoms with Crippen molar-refractivity contribution in [1.82, 2.24) is 10.6 Å². The Morgan fingerprint density at radius 1 is 1.45 bits per heavy atom. The van der Waals surface area contributed by atoms with Gasteiger partial charge in [-0.1, -0.05) is 18.2 Å². The molecule has 1 amide bonds. The Labute approximate surface area is 120 Å². The first-order chi connectivity index (χ1) is 9.79. The molecule has 1 fully saturated rings. The molecule has 1 saturated heterocycles. The van der Waals surface area contributed by atoms with E-state index in [4.69, 9.17) is 4.74 Å². The second-order valence-electron chi connectivity index (χ2n) is 5.27. The molecule has 1 unspecified atom stereocenters. The first kappa shape index (κ1) is 14.9. The van der Waals surface area contributed by atoms with Crippen molar-refractivity contribution in [3.8, 4) is 5.75 Å². The summed E-state index contributed by atoms with van der Waals surface area (Å²) in [5, 5.41) is 7.37. The second-order valence-corrected chi connectivity index (χ2v) is 5.27. The van der Waals surface area contributed by atoms with Crippen LogP contribution in [0.25, 0.3) is 0 Å². The van der Waals surface area contributed by atoms with Crippen LogP contribution in [0.15, 0.2) is 24.3 Å². The zero-order valence-corrected chi connectivity index (χ0v) is 12.1. The maximum atomic E-state index is 11.9. The second kappa shape index (κ2) is 7.90. The highest BCUT2D eigenvalue weighted by Gasteiger charge is 2.15. The highest BCUT2D eigenvalue weighted by Crippen LogP contribution is 2.18. The van der Waals surface area contributed by atoms with Crippen LogP contribution in [0, 0.1) is 5.92 Å². The first-order valence-corrected chi connectivity index (χ1v) is 7.31. The van der Waals surface area contributed by atoms with Crippen molar-refractivity contribution in [3.63, 3.8) is 0 Å². The fourth-order valence-electron chi connectivity index (χ4n) is 2.56. The third-order valence-electron chi connectivity index (χ3n) is 3.76. The van der Waals surface area contributed by atoms with Crippen LogP contribution in [-0.2, 0) is 11.3 Å². The van der Waals surface area contributed by atoms with Gasteiger partial charge < -0.3 is 10.1 Å². The summed E-state index contributed by atoms with van der Waals surface area (Å²) < 4.78 is 5.27. The zero-order chi connectivity index (χ0) is 14.2. The highest BCUT2D eigenvalue weighted by atomic mass is 16.5. The van der Waals surface area contributed by atoms with Gasteiger partial charge in [-0.2, -0.15) is 0 Å². The molecule has 0 aromatic heterocycles. The van der Waals surface area contributed by atoms with Crippen LogP contribution in [0.3, 0.4) is 0 Å². The van der Waals surface area contributed by atoms with E-state index in [1.54, 1.807) is 7.11 Å². The fourth-order valence-corrected chi connectivity index (χ4v) is 2.56. The molecule has 20 heavy (non-hydrogen) atoms. The lowest BCUT2D eigenvalue weighted by Gasteiger charge is -2.21. The molecule has 1 heterocycles. The Morgan fingerprint density at radius 2 is 2.30 bits per heavy atom. The topological polar surface area (TPSA) is 52.4 Å². The van der Waals surface area contributed by atoms with E-state index in [1.165, 1.54) is 12.8 Å². The van der Waals surface area contributed by atoms with Gasteiger partial charge >= 0.3 is 0 Å². The van der Waals surface area contributed by atoms with Gasteiger partial charge in [-0.15, -0.1) is 0 Å². The number of nitrogens with zero attached hydrogens (tertiary/aromatic N) is 1. The maximum Gasteiger partial charge on any atom is 0.220 e. The lowest BCUT2D eigenvalue weighted by Crippen LogP contribution is -2.27. The Bertz CT molecular complexity index is 428. The lowest BCUT2D eigenvalue weighted by atomic mass is 9.94. The molecule has 0 saturated carbocycles. The molecular formula is C16H23N2O2. The Hall–Kier alpha value is -1.55. The number of ether oxygens (including phenoxy) is 1. The van der Waals surface area contributed by atoms with Gasteiger partial charge in [-0.3, -0.25) is 4.79 Å². The van der Waals surface area contributed by atoms with Crippen LogP contribution in [-0.4, -0.2) is 26.1 Å². The normalized spacial score (nSPS) is 18.6. The van der Waals surface area contributed by atoms with Gasteiger partial charge in [-0.05, 0) is 31.2 Å². The average molecular weight is 275 g/mol. The van der Waals surface area contributed by atoms with Crippen LogP contribution in [0.4, 0.5) is 0 Å². The molecule has 2 rings (SSSR count). The average Bonchev–Trinajstić information content (AvgIpc) is 2.52. The smallest absolute Gasteiger partial charge is 0.220 e. The highest BCUT2D eigenvalue weighted by molar-refractivity contribution is 5.75. The number of benzene rings is 1. The molecule has 1 atom stereocenters. The van der Waals surface area contributed by atoms with E-state index in [9.17, 15) is 4.79 Å². The third kappa shape index (κ3) is 4.53. The van der Waals surface area contributed by atoms with Gasteiger partial charge in [0.25, 0.3) is 0 Å². The zero-order valence-electron chi connectivity index (χ0n) is 12.1. The molecule has 1 N–H and O–H groups in total. The van der Waals surface area contributed by atoms with E-state index in [1.807, 2.05) is 24.3 Å². The van der Waals surface area contributed by atoms with Crippen molar-refractivity contribution < 1.29 is 9.53 Å². The van der Waals surface area contributed by atoms with Crippen molar-refractivity contribution in [2.45, 2.75) is 32.2 Å². The molecule has 0 aliphatic carbocycles. The van der Waals surface area contributed by atoms with E-state index in [0.717, 1.165) is 30.8 Å². The minimum absolute atomic E-state index is 0.112. The maximum absolute atomic E-state index is 11.9. The third-order valence-corrected chi connectivity index (χ3v) is 3.76. The molecule has 109 valence electrons. The fraction of sp³-hybridized carbons (Fsp3) is 0.562. The predicted molar refractivity (Wildman–Crippen MR) is 78.7 cm³/mol. The van der Waals surface area contributed by atoms with Gasteiger partial charge in [0.15, 0.2) is 0 Å². The summed E-state index contributed by atoms with van der Waals surface area (Å²) in [6.45, 7) is 2.45. The number of carbonyl (C=O) groups excluding carboxylic acids is 1. The van der Waals surface area contributed by atoms with E-state index in [-0.39, 0.29) is 5.91 Å². The van der Waals surface area contributed by atoms with Gasteiger partial charge in [-0.25, -0.2) is 5.32 Å². The Balaban J connectivity index is 1.71. The van der Waals surface area contributed by atoms with Crippen LogP contribution in [0.2, 0.25) is 0 Å². The van der Waals surface area contributed by atoms with Crippen molar-refractivity contribution in [3.05, 3.63) is 29.8 Å². The quantitative estimate of drug-likeness (QED) is 0.864. The summed E-state index contributed by atoms with van der Waals surface area (Å²) in [4.78, 5) is 11.9. The number of para-hydroxylation sites is 1. The number of carbonyl (C=O) groups is 1. The summed E-state index contributed by atoms with van der Waals surface area (Å²) in [6.07, 6.45) is 3.92. The number of hydrogen-bond donors (Lipinski definition) is 1. The number of rotatable bonds is 6. The van der Waals surface area contributed by atoms with Crippen molar-refractivity contribution >= 4 is 5.91 Å². The summed E-state index contributed by atoms with van der Waals surface area (Å²) in [5.41, 5.74) is 1.01. The molecule has 1 radical (unpaired) electrons. The van der Waals surface area contributed by atoms with Crippen LogP contribution >= 0.6 is 0 Å². The molecule has 1 aliphatic heterocycles. The van der Waals surface area contributed by atoms with Gasteiger partial charge in [0, 0.05) is 31.6 Å². The first-order valence-electron chi connectivity index (χ1n) is 7.31. The summed E-state index contributed by atoms with van der Waals surface area (Å²) in [5.74, 6) is 1.53. The van der Waals surface area contributed by atoms with Crippen LogP contribution < -0.4 is 15.4 Å². The van der Waals surface area contributed by atoms with Gasteiger partial charge in [0.2, 0.25) is 5.91 Å². The van der Waals surface area contributed by atoms with E-state index >= 15 is 0 Å². The SMILES string of the molecule is COc1ccccc1CNC(=O)CCC1CCC[N]C1.